The van der Waals surface area contributed by atoms with Gasteiger partial charge in [-0.25, -0.2) is 0 Å². The Labute approximate surface area is 126 Å². The highest BCUT2D eigenvalue weighted by Crippen LogP contribution is 2.27. The van der Waals surface area contributed by atoms with Crippen molar-refractivity contribution in [3.8, 4) is 0 Å². The summed E-state index contributed by atoms with van der Waals surface area (Å²) < 4.78 is 0. The number of halogens is 1. The zero-order chi connectivity index (χ0) is 13.7. The topological polar surface area (TPSA) is 68.0 Å². The van der Waals surface area contributed by atoms with Gasteiger partial charge in [0.05, 0.1) is 18.3 Å². The number of carbonyl (C=O) groups is 1. The van der Waals surface area contributed by atoms with E-state index in [-0.39, 0.29) is 18.3 Å². The Morgan fingerprint density at radius 1 is 1.45 bits per heavy atom. The molecular weight excluding hydrogens is 274 g/mol. The Morgan fingerprint density at radius 3 is 2.90 bits per heavy atom. The van der Waals surface area contributed by atoms with Crippen molar-refractivity contribution in [2.45, 2.75) is 39.0 Å². The largest absolute Gasteiger partial charge is 0.397 e. The molecule has 0 radical (unpaired) electrons. The number of pyridine rings is 1. The Balaban J connectivity index is 0.00000200. The highest BCUT2D eigenvalue weighted by atomic mass is 35.5. The lowest BCUT2D eigenvalue weighted by Gasteiger charge is -2.26. The van der Waals surface area contributed by atoms with Crippen LogP contribution in [0.15, 0.2) is 18.3 Å². The van der Waals surface area contributed by atoms with Gasteiger partial charge in [0, 0.05) is 12.2 Å². The number of carbonyl (C=O) groups excluding carboxylic acids is 1. The molecule has 5 heteroatoms. The molecule has 1 fully saturated rings. The molecule has 2 rings (SSSR count). The van der Waals surface area contributed by atoms with Crippen LogP contribution in [-0.2, 0) is 11.2 Å². The summed E-state index contributed by atoms with van der Waals surface area (Å²) in [6.45, 7) is 3.10. The highest BCUT2D eigenvalue weighted by Gasteiger charge is 2.19. The quantitative estimate of drug-likeness (QED) is 0.897. The number of nitrogens with zero attached hydrogens (tertiary/aromatic N) is 1. The molecular formula is C15H24ClN3O. The van der Waals surface area contributed by atoms with Gasteiger partial charge in [0.25, 0.3) is 0 Å². The predicted octanol–water partition coefficient (Wildman–Crippen LogP) is 2.57. The first-order chi connectivity index (χ1) is 9.13. The summed E-state index contributed by atoms with van der Waals surface area (Å²) in [6, 6.07) is 3.58. The molecule has 1 saturated carbocycles. The van der Waals surface area contributed by atoms with Crippen molar-refractivity contribution in [2.24, 2.45) is 11.8 Å². The van der Waals surface area contributed by atoms with E-state index in [0.29, 0.717) is 18.0 Å². The van der Waals surface area contributed by atoms with Crippen molar-refractivity contribution < 1.29 is 4.79 Å². The standard InChI is InChI=1S/C15H23N3O.ClH/c1-11-3-2-4-12(7-11)9-18-15(19)8-14-6-5-13(16)10-17-14;/h5-6,10-12H,2-4,7-9,16H2,1H3,(H,18,19);1H. The Bertz CT molecular complexity index is 422. The minimum absolute atomic E-state index is 0. The number of nitrogen functional groups attached to an aromatic ring is 1. The Morgan fingerprint density at radius 2 is 2.25 bits per heavy atom. The Kier molecular flexibility index (Phi) is 6.79. The van der Waals surface area contributed by atoms with Gasteiger partial charge in [-0.15, -0.1) is 12.4 Å². The molecule has 1 amide bonds. The molecule has 1 aliphatic rings. The fourth-order valence-corrected chi connectivity index (χ4v) is 2.77. The maximum atomic E-state index is 11.8. The summed E-state index contributed by atoms with van der Waals surface area (Å²) in [5.74, 6) is 1.50. The van der Waals surface area contributed by atoms with Gasteiger partial charge in [-0.2, -0.15) is 0 Å². The van der Waals surface area contributed by atoms with Gasteiger partial charge < -0.3 is 11.1 Å². The van der Waals surface area contributed by atoms with Crippen LogP contribution >= 0.6 is 12.4 Å². The number of aromatic nitrogens is 1. The summed E-state index contributed by atoms with van der Waals surface area (Å²) in [5, 5.41) is 3.03. The van der Waals surface area contributed by atoms with E-state index in [2.05, 4.69) is 17.2 Å². The highest BCUT2D eigenvalue weighted by molar-refractivity contribution is 5.85. The third-order valence-corrected chi connectivity index (χ3v) is 3.82. The van der Waals surface area contributed by atoms with E-state index < -0.39 is 0 Å². The molecule has 3 N–H and O–H groups in total. The van der Waals surface area contributed by atoms with Crippen LogP contribution in [-0.4, -0.2) is 17.4 Å². The number of hydrogen-bond acceptors (Lipinski definition) is 3. The molecule has 1 aliphatic carbocycles. The third-order valence-electron chi connectivity index (χ3n) is 3.82. The molecule has 0 aliphatic heterocycles. The third kappa shape index (κ3) is 5.37. The maximum absolute atomic E-state index is 11.8. The average Bonchev–Trinajstić information content (AvgIpc) is 2.39. The van der Waals surface area contributed by atoms with E-state index >= 15 is 0 Å². The molecule has 0 bridgehead atoms. The van der Waals surface area contributed by atoms with E-state index in [1.54, 1.807) is 18.3 Å². The molecule has 2 atom stereocenters. The van der Waals surface area contributed by atoms with Crippen LogP contribution in [0.2, 0.25) is 0 Å². The summed E-state index contributed by atoms with van der Waals surface area (Å²) in [6.07, 6.45) is 7.03. The number of amides is 1. The predicted molar refractivity (Wildman–Crippen MR) is 83.7 cm³/mol. The second-order valence-electron chi connectivity index (χ2n) is 5.70. The van der Waals surface area contributed by atoms with Crippen molar-refractivity contribution in [2.75, 3.05) is 12.3 Å². The Hall–Kier alpha value is -1.29. The summed E-state index contributed by atoms with van der Waals surface area (Å²) in [4.78, 5) is 16.0. The van der Waals surface area contributed by atoms with E-state index in [0.717, 1.165) is 18.2 Å². The molecule has 4 nitrogen and oxygen atoms in total. The van der Waals surface area contributed by atoms with Crippen LogP contribution in [0.3, 0.4) is 0 Å². The first-order valence-electron chi connectivity index (χ1n) is 7.10. The lowest BCUT2D eigenvalue weighted by molar-refractivity contribution is -0.120. The van der Waals surface area contributed by atoms with Gasteiger partial charge in [0.1, 0.15) is 0 Å². The number of hydrogen-bond donors (Lipinski definition) is 2. The minimum Gasteiger partial charge on any atom is -0.397 e. The second kappa shape index (κ2) is 8.10. The van der Waals surface area contributed by atoms with E-state index in [9.17, 15) is 4.79 Å². The van der Waals surface area contributed by atoms with Crippen molar-refractivity contribution in [3.63, 3.8) is 0 Å². The van der Waals surface area contributed by atoms with Crippen LogP contribution < -0.4 is 11.1 Å². The summed E-state index contributed by atoms with van der Waals surface area (Å²) in [5.41, 5.74) is 6.96. The monoisotopic (exact) mass is 297 g/mol. The van der Waals surface area contributed by atoms with Crippen LogP contribution in [0.25, 0.3) is 0 Å². The van der Waals surface area contributed by atoms with Gasteiger partial charge in [-0.1, -0.05) is 19.8 Å². The maximum Gasteiger partial charge on any atom is 0.226 e. The molecule has 2 unspecified atom stereocenters. The number of nitrogens with two attached hydrogens (primary N) is 1. The SMILES string of the molecule is CC1CCCC(CNC(=O)Cc2ccc(N)cn2)C1.Cl. The smallest absolute Gasteiger partial charge is 0.226 e. The van der Waals surface area contributed by atoms with E-state index in [4.69, 9.17) is 5.73 Å². The lowest BCUT2D eigenvalue weighted by atomic mass is 9.82. The van der Waals surface area contributed by atoms with Crippen LogP contribution in [0.4, 0.5) is 5.69 Å². The first-order valence-corrected chi connectivity index (χ1v) is 7.10. The normalized spacial score (nSPS) is 21.9. The van der Waals surface area contributed by atoms with Crippen molar-refractivity contribution in [3.05, 3.63) is 24.0 Å². The van der Waals surface area contributed by atoms with Gasteiger partial charge >= 0.3 is 0 Å². The summed E-state index contributed by atoms with van der Waals surface area (Å²) in [7, 11) is 0. The summed E-state index contributed by atoms with van der Waals surface area (Å²) >= 11 is 0. The molecule has 20 heavy (non-hydrogen) atoms. The van der Waals surface area contributed by atoms with E-state index in [1.165, 1.54) is 25.7 Å². The zero-order valence-electron chi connectivity index (χ0n) is 12.0. The van der Waals surface area contributed by atoms with Gasteiger partial charge in [-0.05, 0) is 36.8 Å². The average molecular weight is 298 g/mol. The van der Waals surface area contributed by atoms with Crippen molar-refractivity contribution in [1.29, 1.82) is 0 Å². The number of rotatable bonds is 4. The zero-order valence-corrected chi connectivity index (χ0v) is 12.8. The molecule has 112 valence electrons. The molecule has 1 heterocycles. The lowest BCUT2D eigenvalue weighted by Crippen LogP contribution is -2.32. The fourth-order valence-electron chi connectivity index (χ4n) is 2.77. The van der Waals surface area contributed by atoms with Crippen LogP contribution in [0.5, 0.6) is 0 Å². The second-order valence-corrected chi connectivity index (χ2v) is 5.70. The van der Waals surface area contributed by atoms with E-state index in [1.807, 2.05) is 0 Å². The van der Waals surface area contributed by atoms with Gasteiger partial charge in [0.2, 0.25) is 5.91 Å². The van der Waals surface area contributed by atoms with Crippen molar-refractivity contribution >= 4 is 24.0 Å². The van der Waals surface area contributed by atoms with Crippen molar-refractivity contribution in [1.82, 2.24) is 10.3 Å². The number of nitrogens with one attached hydrogen (secondary N) is 1. The minimum atomic E-state index is 0. The fraction of sp³-hybridized carbons (Fsp3) is 0.600. The van der Waals surface area contributed by atoms with Gasteiger partial charge in [0.15, 0.2) is 0 Å². The molecule has 1 aromatic rings. The van der Waals surface area contributed by atoms with Gasteiger partial charge in [-0.3, -0.25) is 9.78 Å². The molecule has 0 spiro atoms. The molecule has 0 saturated heterocycles. The first kappa shape index (κ1) is 16.8. The molecule has 1 aromatic heterocycles. The van der Waals surface area contributed by atoms with Crippen LogP contribution in [0, 0.1) is 11.8 Å². The molecule has 0 aromatic carbocycles. The number of anilines is 1. The van der Waals surface area contributed by atoms with Crippen LogP contribution in [0.1, 0.15) is 38.3 Å².